The Morgan fingerprint density at radius 1 is 1.31 bits per heavy atom. The summed E-state index contributed by atoms with van der Waals surface area (Å²) in [7, 11) is 0. The van der Waals surface area contributed by atoms with E-state index in [2.05, 4.69) is 13.0 Å². The third kappa shape index (κ3) is 4.34. The SMILES string of the molecule is CCc1ccccc1OCCCCC(=N)N. The van der Waals surface area contributed by atoms with Crippen LogP contribution in [0.3, 0.4) is 0 Å². The Balaban J connectivity index is 2.28. The van der Waals surface area contributed by atoms with E-state index in [0.29, 0.717) is 13.0 Å². The standard InChI is InChI=1S/C13H20N2O/c1-2-11-7-3-4-8-12(11)16-10-6-5-9-13(14)15/h3-4,7-8H,2,5-6,9-10H2,1H3,(H3,14,15). The Labute approximate surface area is 97.1 Å². The Bertz CT molecular complexity index is 336. The molecule has 0 aliphatic heterocycles. The molecule has 1 aromatic carbocycles. The fraction of sp³-hybridized carbons (Fsp3) is 0.462. The molecule has 3 nitrogen and oxygen atoms in total. The smallest absolute Gasteiger partial charge is 0.122 e. The van der Waals surface area contributed by atoms with Gasteiger partial charge >= 0.3 is 0 Å². The minimum absolute atomic E-state index is 0.258. The molecule has 0 atom stereocenters. The normalized spacial score (nSPS) is 10.1. The predicted octanol–water partition coefficient (Wildman–Crippen LogP) is 2.73. The Kier molecular flexibility index (Phi) is 5.40. The molecule has 0 aliphatic rings. The molecule has 1 rings (SSSR count). The molecule has 3 heteroatoms. The zero-order chi connectivity index (χ0) is 11.8. The van der Waals surface area contributed by atoms with Gasteiger partial charge < -0.3 is 10.5 Å². The molecule has 0 bridgehead atoms. The number of unbranched alkanes of at least 4 members (excludes halogenated alkanes) is 1. The largest absolute Gasteiger partial charge is 0.493 e. The molecule has 0 heterocycles. The number of nitrogens with one attached hydrogen (secondary N) is 1. The fourth-order valence-corrected chi connectivity index (χ4v) is 1.54. The number of hydrogen-bond donors (Lipinski definition) is 2. The van der Waals surface area contributed by atoms with Crippen molar-refractivity contribution in [1.82, 2.24) is 0 Å². The number of benzene rings is 1. The molecule has 3 N–H and O–H groups in total. The maximum Gasteiger partial charge on any atom is 0.122 e. The van der Waals surface area contributed by atoms with E-state index in [0.717, 1.165) is 25.0 Å². The van der Waals surface area contributed by atoms with Crippen molar-refractivity contribution in [2.75, 3.05) is 6.61 Å². The van der Waals surface area contributed by atoms with Crippen molar-refractivity contribution in [3.63, 3.8) is 0 Å². The summed E-state index contributed by atoms with van der Waals surface area (Å²) in [5, 5.41) is 7.09. The molecule has 0 saturated heterocycles. The van der Waals surface area contributed by atoms with E-state index >= 15 is 0 Å². The van der Waals surface area contributed by atoms with Gasteiger partial charge in [0.15, 0.2) is 0 Å². The highest BCUT2D eigenvalue weighted by atomic mass is 16.5. The number of para-hydroxylation sites is 1. The quantitative estimate of drug-likeness (QED) is 0.421. The lowest BCUT2D eigenvalue weighted by Gasteiger charge is -2.09. The second-order valence-electron chi connectivity index (χ2n) is 3.79. The molecule has 88 valence electrons. The summed E-state index contributed by atoms with van der Waals surface area (Å²) >= 11 is 0. The molecule has 0 unspecified atom stereocenters. The molecule has 0 radical (unpaired) electrons. The van der Waals surface area contributed by atoms with Gasteiger partial charge in [0.05, 0.1) is 12.4 Å². The molecule has 0 saturated carbocycles. The van der Waals surface area contributed by atoms with Crippen LogP contribution in [0, 0.1) is 5.41 Å². The van der Waals surface area contributed by atoms with Crippen molar-refractivity contribution in [3.8, 4) is 5.75 Å². The predicted molar refractivity (Wildman–Crippen MR) is 67.1 cm³/mol. The number of nitrogens with two attached hydrogens (primary N) is 1. The summed E-state index contributed by atoms with van der Waals surface area (Å²) in [4.78, 5) is 0. The van der Waals surface area contributed by atoms with Gasteiger partial charge in [-0.2, -0.15) is 0 Å². The van der Waals surface area contributed by atoms with E-state index in [9.17, 15) is 0 Å². The molecule has 0 aliphatic carbocycles. The van der Waals surface area contributed by atoms with Crippen molar-refractivity contribution in [3.05, 3.63) is 29.8 Å². The second-order valence-corrected chi connectivity index (χ2v) is 3.79. The Morgan fingerprint density at radius 2 is 2.06 bits per heavy atom. The monoisotopic (exact) mass is 220 g/mol. The Hall–Kier alpha value is -1.51. The Morgan fingerprint density at radius 3 is 2.75 bits per heavy atom. The van der Waals surface area contributed by atoms with Crippen molar-refractivity contribution in [1.29, 1.82) is 5.41 Å². The number of amidine groups is 1. The lowest BCUT2D eigenvalue weighted by molar-refractivity contribution is 0.305. The maximum atomic E-state index is 7.09. The average Bonchev–Trinajstić information content (AvgIpc) is 2.29. The van der Waals surface area contributed by atoms with E-state index in [1.165, 1.54) is 5.56 Å². The minimum atomic E-state index is 0.258. The summed E-state index contributed by atoms with van der Waals surface area (Å²) in [6, 6.07) is 8.11. The summed E-state index contributed by atoms with van der Waals surface area (Å²) in [5.41, 5.74) is 6.52. The van der Waals surface area contributed by atoms with E-state index < -0.39 is 0 Å². The highest BCUT2D eigenvalue weighted by molar-refractivity contribution is 5.76. The molecule has 0 fully saturated rings. The van der Waals surface area contributed by atoms with E-state index in [1.54, 1.807) is 0 Å². The van der Waals surface area contributed by atoms with Gasteiger partial charge in [-0.15, -0.1) is 0 Å². The second kappa shape index (κ2) is 6.88. The zero-order valence-corrected chi connectivity index (χ0v) is 9.83. The molecule has 16 heavy (non-hydrogen) atoms. The van der Waals surface area contributed by atoms with Crippen LogP contribution in [0.1, 0.15) is 31.7 Å². The van der Waals surface area contributed by atoms with Crippen molar-refractivity contribution in [2.45, 2.75) is 32.6 Å². The molecule has 0 spiro atoms. The highest BCUT2D eigenvalue weighted by Gasteiger charge is 2.00. The first-order chi connectivity index (χ1) is 7.74. The van der Waals surface area contributed by atoms with Crippen molar-refractivity contribution < 1.29 is 4.74 Å². The van der Waals surface area contributed by atoms with Crippen LogP contribution >= 0.6 is 0 Å². The van der Waals surface area contributed by atoms with E-state index in [1.807, 2.05) is 18.2 Å². The van der Waals surface area contributed by atoms with Crippen molar-refractivity contribution >= 4 is 5.84 Å². The number of aryl methyl sites for hydroxylation is 1. The van der Waals surface area contributed by atoms with Crippen LogP contribution < -0.4 is 10.5 Å². The summed E-state index contributed by atoms with van der Waals surface area (Å²) in [6.45, 7) is 2.82. The lowest BCUT2D eigenvalue weighted by atomic mass is 10.1. The van der Waals surface area contributed by atoms with Gasteiger partial charge in [-0.3, -0.25) is 5.41 Å². The minimum Gasteiger partial charge on any atom is -0.493 e. The summed E-state index contributed by atoms with van der Waals surface area (Å²) in [6.07, 6.45) is 3.52. The van der Waals surface area contributed by atoms with Crippen LogP contribution in [0.5, 0.6) is 5.75 Å². The van der Waals surface area contributed by atoms with E-state index in [4.69, 9.17) is 15.9 Å². The van der Waals surface area contributed by atoms with Gasteiger partial charge in [0, 0.05) is 6.42 Å². The molecular formula is C13H20N2O. The number of rotatable bonds is 7. The molecule has 0 amide bonds. The highest BCUT2D eigenvalue weighted by Crippen LogP contribution is 2.18. The molecule has 0 aromatic heterocycles. The van der Waals surface area contributed by atoms with Crippen LogP contribution in [-0.2, 0) is 6.42 Å². The number of hydrogen-bond acceptors (Lipinski definition) is 2. The first kappa shape index (κ1) is 12.6. The van der Waals surface area contributed by atoms with Crippen LogP contribution in [0.4, 0.5) is 0 Å². The van der Waals surface area contributed by atoms with E-state index in [-0.39, 0.29) is 5.84 Å². The average molecular weight is 220 g/mol. The summed E-state index contributed by atoms with van der Waals surface area (Å²) in [5.74, 6) is 1.24. The van der Waals surface area contributed by atoms with Crippen LogP contribution in [0.15, 0.2) is 24.3 Å². The third-order valence-corrected chi connectivity index (χ3v) is 2.45. The van der Waals surface area contributed by atoms with Gasteiger partial charge in [-0.05, 0) is 30.9 Å². The fourth-order valence-electron chi connectivity index (χ4n) is 1.54. The number of ether oxygens (including phenoxy) is 1. The lowest BCUT2D eigenvalue weighted by Crippen LogP contribution is -2.09. The van der Waals surface area contributed by atoms with Gasteiger partial charge in [-0.25, -0.2) is 0 Å². The van der Waals surface area contributed by atoms with Gasteiger partial charge in [0.2, 0.25) is 0 Å². The van der Waals surface area contributed by atoms with Crippen LogP contribution in [-0.4, -0.2) is 12.4 Å². The summed E-state index contributed by atoms with van der Waals surface area (Å²) < 4.78 is 5.70. The maximum absolute atomic E-state index is 7.09. The first-order valence-electron chi connectivity index (χ1n) is 5.77. The molecule has 1 aromatic rings. The first-order valence-corrected chi connectivity index (χ1v) is 5.77. The van der Waals surface area contributed by atoms with Crippen LogP contribution in [0.25, 0.3) is 0 Å². The molecular weight excluding hydrogens is 200 g/mol. The topological polar surface area (TPSA) is 59.1 Å². The van der Waals surface area contributed by atoms with Gasteiger partial charge in [0.25, 0.3) is 0 Å². The van der Waals surface area contributed by atoms with Crippen LogP contribution in [0.2, 0.25) is 0 Å². The third-order valence-electron chi connectivity index (χ3n) is 2.45. The van der Waals surface area contributed by atoms with Gasteiger partial charge in [0.1, 0.15) is 5.75 Å². The van der Waals surface area contributed by atoms with Gasteiger partial charge in [-0.1, -0.05) is 25.1 Å². The van der Waals surface area contributed by atoms with Crippen molar-refractivity contribution in [2.24, 2.45) is 5.73 Å². The zero-order valence-electron chi connectivity index (χ0n) is 9.83.